The predicted molar refractivity (Wildman–Crippen MR) is 89.0 cm³/mol. The van der Waals surface area contributed by atoms with Crippen LogP contribution in [-0.4, -0.2) is 24.1 Å². The van der Waals surface area contributed by atoms with Gasteiger partial charge >= 0.3 is 5.97 Å². The van der Waals surface area contributed by atoms with Crippen molar-refractivity contribution in [1.82, 2.24) is 0 Å². The van der Waals surface area contributed by atoms with E-state index in [1.165, 1.54) is 7.11 Å². The summed E-state index contributed by atoms with van der Waals surface area (Å²) in [6.07, 6.45) is 5.06. The Balaban J connectivity index is 1.63. The van der Waals surface area contributed by atoms with Gasteiger partial charge in [-0.3, -0.25) is 9.59 Å². The van der Waals surface area contributed by atoms with Gasteiger partial charge in [-0.15, -0.1) is 0 Å². The molecule has 2 N–H and O–H groups in total. The molecule has 5 rings (SSSR count). The second-order valence-electron chi connectivity index (χ2n) is 6.83. The number of hydrogen-bond donors (Lipinski definition) is 2. The lowest BCUT2D eigenvalue weighted by molar-refractivity contribution is -0.152. The Bertz CT molecular complexity index is 747. The molecule has 6 atom stereocenters. The SMILES string of the molecule is COc1ccc(Cl)cc1NC(=O)C1C2C=CC(C3CC23)C1C(=O)O. The standard InChI is InChI=1S/C18H18ClNO4/c1-24-14-5-2-8(19)6-13(14)20-17(21)15-9-3-4-10(12-7-11(9)12)16(15)18(22)23/h2-6,9-12,15-16H,7H2,1H3,(H,20,21)(H,22,23). The molecule has 0 radical (unpaired) electrons. The monoisotopic (exact) mass is 347 g/mol. The van der Waals surface area contributed by atoms with E-state index in [1.54, 1.807) is 18.2 Å². The molecule has 5 nitrogen and oxygen atoms in total. The van der Waals surface area contributed by atoms with Gasteiger partial charge in [-0.05, 0) is 48.3 Å². The van der Waals surface area contributed by atoms with Crippen LogP contribution in [0.4, 0.5) is 5.69 Å². The average molecular weight is 348 g/mol. The van der Waals surface area contributed by atoms with E-state index in [0.717, 1.165) is 6.42 Å². The van der Waals surface area contributed by atoms with Crippen LogP contribution in [0.25, 0.3) is 0 Å². The minimum atomic E-state index is -0.891. The fourth-order valence-electron chi connectivity index (χ4n) is 4.56. The summed E-state index contributed by atoms with van der Waals surface area (Å²) in [7, 11) is 1.51. The lowest BCUT2D eigenvalue weighted by Gasteiger charge is -2.41. The molecule has 2 bridgehead atoms. The molecular formula is C18H18ClNO4. The molecule has 1 amide bonds. The lowest BCUT2D eigenvalue weighted by Crippen LogP contribution is -2.48. The lowest BCUT2D eigenvalue weighted by atomic mass is 9.62. The number of fused-ring (bicyclic) bond motifs is 1. The van der Waals surface area contributed by atoms with Gasteiger partial charge in [0.1, 0.15) is 5.75 Å². The van der Waals surface area contributed by atoms with Gasteiger partial charge in [0.05, 0.1) is 24.6 Å². The third kappa shape index (κ3) is 2.30. The van der Waals surface area contributed by atoms with Crippen LogP contribution in [0.3, 0.4) is 0 Å². The molecule has 24 heavy (non-hydrogen) atoms. The number of methoxy groups -OCH3 is 1. The minimum absolute atomic E-state index is 0.00581. The molecular weight excluding hydrogens is 330 g/mol. The number of carbonyl (C=O) groups is 2. The van der Waals surface area contributed by atoms with Crippen molar-refractivity contribution in [2.24, 2.45) is 35.5 Å². The highest BCUT2D eigenvalue weighted by atomic mass is 35.5. The molecule has 6 heteroatoms. The van der Waals surface area contributed by atoms with Crippen molar-refractivity contribution in [3.8, 4) is 5.75 Å². The van der Waals surface area contributed by atoms with E-state index in [4.69, 9.17) is 16.3 Å². The molecule has 2 fully saturated rings. The van der Waals surface area contributed by atoms with Gasteiger partial charge in [-0.25, -0.2) is 0 Å². The van der Waals surface area contributed by atoms with E-state index in [0.29, 0.717) is 28.3 Å². The van der Waals surface area contributed by atoms with Gasteiger partial charge in [0.25, 0.3) is 0 Å². The number of carboxylic acid groups (broad SMARTS) is 1. The molecule has 1 aromatic carbocycles. The van der Waals surface area contributed by atoms with E-state index in [1.807, 2.05) is 12.2 Å². The molecule has 126 valence electrons. The van der Waals surface area contributed by atoms with Gasteiger partial charge < -0.3 is 15.2 Å². The Morgan fingerprint density at radius 2 is 1.88 bits per heavy atom. The number of allylic oxidation sites excluding steroid dienone is 2. The fourth-order valence-corrected chi connectivity index (χ4v) is 4.74. The fraction of sp³-hybridized carbons (Fsp3) is 0.444. The van der Waals surface area contributed by atoms with E-state index in [2.05, 4.69) is 5.32 Å². The van der Waals surface area contributed by atoms with Gasteiger partial charge in [0.15, 0.2) is 0 Å². The predicted octanol–water partition coefficient (Wildman–Crippen LogP) is 3.06. The van der Waals surface area contributed by atoms with Crippen molar-refractivity contribution in [2.75, 3.05) is 12.4 Å². The summed E-state index contributed by atoms with van der Waals surface area (Å²) in [5.41, 5.74) is 0.469. The first-order valence-corrected chi connectivity index (χ1v) is 8.44. The van der Waals surface area contributed by atoms with Crippen molar-refractivity contribution in [2.45, 2.75) is 6.42 Å². The maximum absolute atomic E-state index is 12.9. The largest absolute Gasteiger partial charge is 0.495 e. The second-order valence-corrected chi connectivity index (χ2v) is 7.26. The quantitative estimate of drug-likeness (QED) is 0.821. The summed E-state index contributed by atoms with van der Waals surface area (Å²) in [5, 5.41) is 13.0. The first-order valence-electron chi connectivity index (χ1n) is 8.07. The number of benzene rings is 1. The Kier molecular flexibility index (Phi) is 3.57. The third-order valence-corrected chi connectivity index (χ3v) is 5.89. The van der Waals surface area contributed by atoms with E-state index in [9.17, 15) is 14.7 Å². The van der Waals surface area contributed by atoms with Crippen molar-refractivity contribution in [3.63, 3.8) is 0 Å². The molecule has 0 spiro atoms. The number of halogens is 1. The Labute approximate surface area is 144 Å². The molecule has 0 aliphatic heterocycles. The third-order valence-electron chi connectivity index (χ3n) is 5.66. The number of hydrogen-bond acceptors (Lipinski definition) is 3. The van der Waals surface area contributed by atoms with Crippen LogP contribution in [0.1, 0.15) is 6.42 Å². The van der Waals surface area contributed by atoms with Crippen LogP contribution in [0.5, 0.6) is 5.75 Å². The van der Waals surface area contributed by atoms with E-state index < -0.39 is 17.8 Å². The molecule has 1 aromatic rings. The molecule has 0 saturated heterocycles. The number of carbonyl (C=O) groups excluding carboxylic acids is 1. The highest BCUT2D eigenvalue weighted by Gasteiger charge is 2.63. The van der Waals surface area contributed by atoms with Crippen LogP contribution in [0, 0.1) is 35.5 Å². The number of carboxylic acids is 1. The average Bonchev–Trinajstić information content (AvgIpc) is 3.36. The summed E-state index contributed by atoms with van der Waals surface area (Å²) in [6, 6.07) is 4.97. The van der Waals surface area contributed by atoms with Crippen LogP contribution in [-0.2, 0) is 9.59 Å². The molecule has 2 saturated carbocycles. The first kappa shape index (κ1) is 15.5. The zero-order chi connectivity index (χ0) is 17.0. The summed E-state index contributed by atoms with van der Waals surface area (Å²) in [6.45, 7) is 0. The normalized spacial score (nSPS) is 35.2. The topological polar surface area (TPSA) is 75.6 Å². The Morgan fingerprint density at radius 3 is 2.50 bits per heavy atom. The number of nitrogens with one attached hydrogen (secondary N) is 1. The molecule has 0 aromatic heterocycles. The summed E-state index contributed by atoms with van der Waals surface area (Å²) in [4.78, 5) is 24.7. The van der Waals surface area contributed by atoms with Crippen molar-refractivity contribution in [1.29, 1.82) is 0 Å². The van der Waals surface area contributed by atoms with Crippen molar-refractivity contribution < 1.29 is 19.4 Å². The molecule has 4 aliphatic carbocycles. The van der Waals surface area contributed by atoms with E-state index in [-0.39, 0.29) is 17.7 Å². The first-order chi connectivity index (χ1) is 11.5. The summed E-state index contributed by atoms with van der Waals surface area (Å²) in [5.74, 6) is -1.01. The Hall–Kier alpha value is -2.01. The van der Waals surface area contributed by atoms with Crippen LogP contribution < -0.4 is 10.1 Å². The zero-order valence-electron chi connectivity index (χ0n) is 13.1. The van der Waals surface area contributed by atoms with Gasteiger partial charge in [0, 0.05) is 5.02 Å². The number of rotatable bonds is 4. The molecule has 0 heterocycles. The molecule has 6 unspecified atom stereocenters. The minimum Gasteiger partial charge on any atom is -0.495 e. The number of anilines is 1. The highest BCUT2D eigenvalue weighted by molar-refractivity contribution is 6.31. The van der Waals surface area contributed by atoms with Crippen molar-refractivity contribution in [3.05, 3.63) is 35.4 Å². The zero-order valence-corrected chi connectivity index (χ0v) is 13.9. The van der Waals surface area contributed by atoms with Gasteiger partial charge in [0.2, 0.25) is 5.91 Å². The number of amides is 1. The van der Waals surface area contributed by atoms with Gasteiger partial charge in [-0.2, -0.15) is 0 Å². The summed E-state index contributed by atoms with van der Waals surface area (Å²) < 4.78 is 5.25. The Morgan fingerprint density at radius 1 is 1.21 bits per heavy atom. The number of aliphatic carboxylic acids is 1. The van der Waals surface area contributed by atoms with Crippen LogP contribution in [0.15, 0.2) is 30.4 Å². The second kappa shape index (κ2) is 5.52. The van der Waals surface area contributed by atoms with Crippen molar-refractivity contribution >= 4 is 29.2 Å². The summed E-state index contributed by atoms with van der Waals surface area (Å²) >= 11 is 6.00. The maximum atomic E-state index is 12.9. The van der Waals surface area contributed by atoms with Crippen LogP contribution >= 0.6 is 11.6 Å². The maximum Gasteiger partial charge on any atom is 0.307 e. The van der Waals surface area contributed by atoms with Crippen LogP contribution in [0.2, 0.25) is 5.02 Å². The number of ether oxygens (including phenoxy) is 1. The molecule has 4 aliphatic rings. The highest BCUT2D eigenvalue weighted by Crippen LogP contribution is 2.63. The smallest absolute Gasteiger partial charge is 0.307 e. The van der Waals surface area contributed by atoms with Gasteiger partial charge in [-0.1, -0.05) is 23.8 Å². The van der Waals surface area contributed by atoms with E-state index >= 15 is 0 Å².